The minimum Gasteiger partial charge on any atom is -0.388 e. The Bertz CT molecular complexity index is 1460. The lowest BCUT2D eigenvalue weighted by Gasteiger charge is -2.31. The molecule has 1 heteroatoms. The summed E-state index contributed by atoms with van der Waals surface area (Å²) in [5.74, 6) is 1.33. The first-order valence-corrected chi connectivity index (χ1v) is 17.0. The van der Waals surface area contributed by atoms with Crippen molar-refractivity contribution >= 4 is 11.1 Å². The van der Waals surface area contributed by atoms with Crippen molar-refractivity contribution in [3.63, 3.8) is 0 Å². The van der Waals surface area contributed by atoms with Gasteiger partial charge in [-0.2, -0.15) is 0 Å². The van der Waals surface area contributed by atoms with Crippen molar-refractivity contribution in [3.05, 3.63) is 142 Å². The van der Waals surface area contributed by atoms with Crippen LogP contribution in [0.15, 0.2) is 97.7 Å². The standard InChI is InChI=1S/C41H51N.C2H6/c1-9-10-11-17-31(8)35-23-16-22-34(29(4)5)41(35)39(27-42-30(6)7)40-33(26-28(2)3)20-15-25-38(40)37-24-14-19-32-18-12-13-21-36(32)37;1-2/h9-13,15-18,20-23,25,27-30,37,42H,1,14,19,24,26H2,2-8H3;1-2H3/b11-10-,31-17+,39-27-;. The third-order valence-corrected chi connectivity index (χ3v) is 8.39. The highest BCUT2D eigenvalue weighted by atomic mass is 14.9. The smallest absolute Gasteiger partial charge is 0.0199 e. The van der Waals surface area contributed by atoms with E-state index in [1.54, 1.807) is 0 Å². The summed E-state index contributed by atoms with van der Waals surface area (Å²) in [6.45, 7) is 23.9. The molecule has 3 aromatic carbocycles. The monoisotopic (exact) mass is 587 g/mol. The van der Waals surface area contributed by atoms with Crippen molar-refractivity contribution in [1.29, 1.82) is 0 Å². The molecule has 44 heavy (non-hydrogen) atoms. The highest BCUT2D eigenvalue weighted by Crippen LogP contribution is 2.45. The molecule has 1 aliphatic carbocycles. The molecule has 0 aromatic heterocycles. The molecule has 0 saturated carbocycles. The molecule has 0 spiro atoms. The Hall–Kier alpha value is -3.58. The molecule has 234 valence electrons. The lowest BCUT2D eigenvalue weighted by molar-refractivity contribution is 0.610. The lowest BCUT2D eigenvalue weighted by atomic mass is 9.73. The van der Waals surface area contributed by atoms with Gasteiger partial charge in [-0.05, 0) is 108 Å². The predicted molar refractivity (Wildman–Crippen MR) is 196 cm³/mol. The Morgan fingerprint density at radius 3 is 2.25 bits per heavy atom. The Morgan fingerprint density at radius 2 is 1.57 bits per heavy atom. The van der Waals surface area contributed by atoms with Crippen LogP contribution in [0.1, 0.15) is 131 Å². The molecule has 0 fully saturated rings. The number of hydrogen-bond donors (Lipinski definition) is 1. The molecule has 1 aliphatic rings. The van der Waals surface area contributed by atoms with Crippen molar-refractivity contribution in [3.8, 4) is 0 Å². The first-order valence-electron chi connectivity index (χ1n) is 17.0. The van der Waals surface area contributed by atoms with Crippen molar-refractivity contribution in [1.82, 2.24) is 5.32 Å². The second-order valence-electron chi connectivity index (χ2n) is 12.9. The summed E-state index contributed by atoms with van der Waals surface area (Å²) in [5.41, 5.74) is 14.0. The van der Waals surface area contributed by atoms with Gasteiger partial charge in [-0.15, -0.1) is 0 Å². The fraction of sp³-hybridized carbons (Fsp3) is 0.395. The van der Waals surface area contributed by atoms with Crippen LogP contribution in [0.5, 0.6) is 0 Å². The zero-order valence-corrected chi connectivity index (χ0v) is 29.0. The third kappa shape index (κ3) is 8.53. The number of benzene rings is 3. The Morgan fingerprint density at radius 1 is 0.864 bits per heavy atom. The molecular formula is C43H57N. The maximum absolute atomic E-state index is 3.86. The topological polar surface area (TPSA) is 12.0 Å². The number of allylic oxidation sites excluding steroid dienone is 5. The molecule has 0 bridgehead atoms. The quantitative estimate of drug-likeness (QED) is 0.220. The number of hydrogen-bond acceptors (Lipinski definition) is 1. The number of aryl methyl sites for hydroxylation is 1. The highest BCUT2D eigenvalue weighted by Gasteiger charge is 2.28. The minimum atomic E-state index is 0.331. The van der Waals surface area contributed by atoms with Gasteiger partial charge in [0, 0.05) is 23.7 Å². The fourth-order valence-corrected chi connectivity index (χ4v) is 6.49. The van der Waals surface area contributed by atoms with Gasteiger partial charge in [0.1, 0.15) is 0 Å². The normalized spacial score (nSPS) is 15.4. The van der Waals surface area contributed by atoms with E-state index in [9.17, 15) is 0 Å². The van der Waals surface area contributed by atoms with Crippen molar-refractivity contribution in [2.45, 2.75) is 106 Å². The molecule has 0 aliphatic heterocycles. The van der Waals surface area contributed by atoms with Crippen LogP contribution < -0.4 is 5.32 Å². The SMILES string of the molecule is C=C/C=C\C=C(/C)c1cccc(C(C)C)c1/C(=C\NC(C)C)c1c(CC(C)C)cccc1C1CCCc2ccccc21.CC. The van der Waals surface area contributed by atoms with Gasteiger partial charge in [0.2, 0.25) is 0 Å². The maximum atomic E-state index is 3.86. The Balaban J connectivity index is 0.00000259. The summed E-state index contributed by atoms with van der Waals surface area (Å²) in [7, 11) is 0. The molecule has 0 saturated heterocycles. The molecule has 3 aromatic rings. The largest absolute Gasteiger partial charge is 0.388 e. The van der Waals surface area contributed by atoms with E-state index in [4.69, 9.17) is 0 Å². The van der Waals surface area contributed by atoms with Crippen molar-refractivity contribution in [2.24, 2.45) is 5.92 Å². The van der Waals surface area contributed by atoms with Crippen LogP contribution >= 0.6 is 0 Å². The molecule has 1 atom stereocenters. The summed E-state index contributed by atoms with van der Waals surface area (Å²) in [5, 5.41) is 3.75. The van der Waals surface area contributed by atoms with Crippen LogP contribution in [-0.2, 0) is 12.8 Å². The van der Waals surface area contributed by atoms with Crippen LogP contribution in [0.2, 0.25) is 0 Å². The number of fused-ring (bicyclic) bond motifs is 1. The molecule has 1 N–H and O–H groups in total. The van der Waals surface area contributed by atoms with E-state index in [1.165, 1.54) is 74.9 Å². The van der Waals surface area contributed by atoms with Gasteiger partial charge in [-0.3, -0.25) is 0 Å². The molecule has 0 heterocycles. The molecular weight excluding hydrogens is 530 g/mol. The van der Waals surface area contributed by atoms with E-state index >= 15 is 0 Å². The van der Waals surface area contributed by atoms with Crippen molar-refractivity contribution in [2.75, 3.05) is 0 Å². The molecule has 0 radical (unpaired) electrons. The van der Waals surface area contributed by atoms with E-state index in [1.807, 2.05) is 26.0 Å². The van der Waals surface area contributed by atoms with E-state index in [0.717, 1.165) is 6.42 Å². The van der Waals surface area contributed by atoms with E-state index in [0.29, 0.717) is 23.8 Å². The average Bonchev–Trinajstić information content (AvgIpc) is 3.02. The number of rotatable bonds is 11. The second-order valence-corrected chi connectivity index (χ2v) is 12.9. The van der Waals surface area contributed by atoms with Gasteiger partial charge in [-0.1, -0.05) is 133 Å². The van der Waals surface area contributed by atoms with Crippen LogP contribution in [-0.4, -0.2) is 6.04 Å². The Kier molecular flexibility index (Phi) is 13.5. The molecule has 4 rings (SSSR count). The first-order chi connectivity index (χ1) is 21.2. The van der Waals surface area contributed by atoms with E-state index in [2.05, 4.69) is 139 Å². The second kappa shape index (κ2) is 17.0. The summed E-state index contributed by atoms with van der Waals surface area (Å²) in [4.78, 5) is 0. The van der Waals surface area contributed by atoms with E-state index in [-0.39, 0.29) is 0 Å². The number of nitrogens with one attached hydrogen (secondary N) is 1. The van der Waals surface area contributed by atoms with Gasteiger partial charge in [0.05, 0.1) is 0 Å². The van der Waals surface area contributed by atoms with Crippen LogP contribution in [0.3, 0.4) is 0 Å². The maximum Gasteiger partial charge on any atom is 0.0199 e. The third-order valence-electron chi connectivity index (χ3n) is 8.39. The van der Waals surface area contributed by atoms with Gasteiger partial charge in [-0.25, -0.2) is 0 Å². The highest BCUT2D eigenvalue weighted by molar-refractivity contribution is 5.91. The summed E-state index contributed by atoms with van der Waals surface area (Å²) >= 11 is 0. The fourth-order valence-electron chi connectivity index (χ4n) is 6.49. The van der Waals surface area contributed by atoms with E-state index < -0.39 is 0 Å². The zero-order valence-electron chi connectivity index (χ0n) is 29.0. The average molecular weight is 588 g/mol. The summed E-state index contributed by atoms with van der Waals surface area (Å²) in [6.07, 6.45) is 15.1. The van der Waals surface area contributed by atoms with Crippen LogP contribution in [0.4, 0.5) is 0 Å². The van der Waals surface area contributed by atoms with Gasteiger partial charge in [0.25, 0.3) is 0 Å². The summed E-state index contributed by atoms with van der Waals surface area (Å²) < 4.78 is 0. The predicted octanol–water partition coefficient (Wildman–Crippen LogP) is 12.0. The zero-order chi connectivity index (χ0) is 32.2. The van der Waals surface area contributed by atoms with Crippen molar-refractivity contribution < 1.29 is 0 Å². The lowest BCUT2D eigenvalue weighted by Crippen LogP contribution is -2.19. The summed E-state index contributed by atoms with van der Waals surface area (Å²) in [6, 6.07) is 23.5. The Labute approximate surface area is 269 Å². The van der Waals surface area contributed by atoms with Gasteiger partial charge in [0.15, 0.2) is 0 Å². The van der Waals surface area contributed by atoms with Gasteiger partial charge < -0.3 is 5.32 Å². The molecule has 0 amide bonds. The van der Waals surface area contributed by atoms with Gasteiger partial charge >= 0.3 is 0 Å². The van der Waals surface area contributed by atoms with Crippen LogP contribution in [0.25, 0.3) is 11.1 Å². The van der Waals surface area contributed by atoms with Crippen LogP contribution in [0, 0.1) is 5.92 Å². The minimum absolute atomic E-state index is 0.331. The molecule has 1 nitrogen and oxygen atoms in total. The molecule has 1 unspecified atom stereocenters. The first kappa shape index (κ1) is 34.9.